The molecule has 1 aliphatic heterocycles. The predicted octanol–water partition coefficient (Wildman–Crippen LogP) is 2.23. The molecule has 1 aliphatic rings. The molecule has 12 heteroatoms. The Kier molecular flexibility index (Phi) is 5.60. The smallest absolute Gasteiger partial charge is 0.446 e. The van der Waals surface area contributed by atoms with Crippen LogP contribution in [0.5, 0.6) is 11.5 Å². The number of benzene rings is 2. The summed E-state index contributed by atoms with van der Waals surface area (Å²) < 4.78 is 42.6. The van der Waals surface area contributed by atoms with Gasteiger partial charge in [-0.2, -0.15) is 8.42 Å². The van der Waals surface area contributed by atoms with Crippen molar-refractivity contribution in [3.63, 3.8) is 0 Å². The molecular formula is C19H17N3O7S2. The Hall–Kier alpha value is -3.09. The van der Waals surface area contributed by atoms with E-state index in [0.29, 0.717) is 29.0 Å². The number of hydrogen-bond acceptors (Lipinski definition) is 8. The van der Waals surface area contributed by atoms with Crippen LogP contribution in [0, 0.1) is 0 Å². The second kappa shape index (κ2) is 8.21. The van der Waals surface area contributed by atoms with Gasteiger partial charge in [0.15, 0.2) is 0 Å². The van der Waals surface area contributed by atoms with Gasteiger partial charge in [-0.15, -0.1) is 0 Å². The van der Waals surface area contributed by atoms with E-state index < -0.39 is 15.6 Å². The third-order valence-electron chi connectivity index (χ3n) is 4.63. The molecule has 0 radical (unpaired) electrons. The summed E-state index contributed by atoms with van der Waals surface area (Å²) >= 11 is 0.990. The fourth-order valence-electron chi connectivity index (χ4n) is 3.13. The van der Waals surface area contributed by atoms with E-state index in [0.717, 1.165) is 17.3 Å². The maximum absolute atomic E-state index is 11.7. The van der Waals surface area contributed by atoms with Crippen LogP contribution in [0.1, 0.15) is 11.4 Å². The number of nitrogens with zero attached hydrogens (tertiary/aromatic N) is 2. The van der Waals surface area contributed by atoms with Crippen molar-refractivity contribution in [1.29, 1.82) is 0 Å². The molecule has 1 fully saturated rings. The van der Waals surface area contributed by atoms with Gasteiger partial charge in [-0.3, -0.25) is 19.5 Å². The van der Waals surface area contributed by atoms with Crippen LogP contribution in [0.4, 0.5) is 4.79 Å². The zero-order valence-corrected chi connectivity index (χ0v) is 17.8. The number of ether oxygens (including phenoxy) is 1. The highest BCUT2D eigenvalue weighted by Gasteiger charge is 2.31. The number of nitrogens with one attached hydrogen (secondary N) is 1. The van der Waals surface area contributed by atoms with E-state index in [1.54, 1.807) is 29.8 Å². The molecule has 0 bridgehead atoms. The maximum Gasteiger partial charge on any atom is 0.446 e. The van der Waals surface area contributed by atoms with E-state index in [1.807, 2.05) is 12.1 Å². The van der Waals surface area contributed by atoms with Crippen LogP contribution in [0.2, 0.25) is 0 Å². The lowest BCUT2D eigenvalue weighted by molar-refractivity contribution is -0.118. The number of carbonyl (C=O) groups is 2. The molecule has 2 aromatic carbocycles. The fourth-order valence-corrected chi connectivity index (χ4v) is 4.34. The average molecular weight is 463 g/mol. The van der Waals surface area contributed by atoms with Crippen molar-refractivity contribution in [2.24, 2.45) is 7.05 Å². The van der Waals surface area contributed by atoms with Crippen molar-refractivity contribution in [3.05, 3.63) is 53.9 Å². The highest BCUT2D eigenvalue weighted by Crippen LogP contribution is 2.25. The third kappa shape index (κ3) is 4.98. The standard InChI is InChI=1S/C19H17N3O7S2/c1-22-15-9-13(29-31(25,26)27)6-7-14(15)20-17(22)10-28-12-4-2-11(3-5-12)8-16-18(23)21-19(24)30-16/h2-7,9,16H,8,10H2,1H3,(H,21,23,24)(H,25,26,27). The molecule has 0 spiro atoms. The van der Waals surface area contributed by atoms with Gasteiger partial charge in [0.2, 0.25) is 5.91 Å². The maximum atomic E-state index is 11.7. The molecule has 2 amide bonds. The van der Waals surface area contributed by atoms with E-state index in [1.165, 1.54) is 12.1 Å². The van der Waals surface area contributed by atoms with Gasteiger partial charge in [0.1, 0.15) is 23.9 Å². The van der Waals surface area contributed by atoms with Crippen molar-refractivity contribution in [3.8, 4) is 11.5 Å². The number of carbonyl (C=O) groups excluding carboxylic acids is 2. The fraction of sp³-hybridized carbons (Fsp3) is 0.211. The van der Waals surface area contributed by atoms with Crippen molar-refractivity contribution in [2.45, 2.75) is 18.3 Å². The SMILES string of the molecule is Cn1c(COc2ccc(CC3SC(=O)NC3=O)cc2)nc2ccc(OS(=O)(=O)O)cc21. The predicted molar refractivity (Wildman–Crippen MR) is 112 cm³/mol. The van der Waals surface area contributed by atoms with Crippen LogP contribution in [-0.2, 0) is 35.3 Å². The van der Waals surface area contributed by atoms with Gasteiger partial charge >= 0.3 is 10.4 Å². The van der Waals surface area contributed by atoms with Crippen LogP contribution in [0.3, 0.4) is 0 Å². The van der Waals surface area contributed by atoms with Gasteiger partial charge in [0.05, 0.1) is 16.3 Å². The molecule has 1 saturated heterocycles. The summed E-state index contributed by atoms with van der Waals surface area (Å²) in [5, 5.41) is 1.52. The molecule has 0 saturated carbocycles. The van der Waals surface area contributed by atoms with Crippen LogP contribution in [0.25, 0.3) is 11.0 Å². The van der Waals surface area contributed by atoms with Gasteiger partial charge in [-0.05, 0) is 36.2 Å². The van der Waals surface area contributed by atoms with Crippen molar-refractivity contribution < 1.29 is 31.5 Å². The lowest BCUT2D eigenvalue weighted by Gasteiger charge is -2.09. The van der Waals surface area contributed by atoms with Crippen molar-refractivity contribution in [1.82, 2.24) is 14.9 Å². The Bertz CT molecular complexity index is 1270. The first-order valence-corrected chi connectivity index (χ1v) is 11.3. The van der Waals surface area contributed by atoms with Crippen LogP contribution < -0.4 is 14.2 Å². The first kappa shape index (κ1) is 21.2. The summed E-state index contributed by atoms with van der Waals surface area (Å²) in [7, 11) is -2.86. The number of thioether (sulfide) groups is 1. The number of fused-ring (bicyclic) bond motifs is 1. The number of rotatable bonds is 7. The number of hydrogen-bond donors (Lipinski definition) is 2. The molecule has 31 heavy (non-hydrogen) atoms. The Balaban J connectivity index is 1.42. The lowest BCUT2D eigenvalue weighted by atomic mass is 10.1. The molecule has 2 N–H and O–H groups in total. The highest BCUT2D eigenvalue weighted by molar-refractivity contribution is 8.15. The molecule has 2 heterocycles. The van der Waals surface area contributed by atoms with Gasteiger partial charge in [-0.25, -0.2) is 4.98 Å². The second-order valence-electron chi connectivity index (χ2n) is 6.77. The number of aryl methyl sites for hydroxylation is 1. The summed E-state index contributed by atoms with van der Waals surface area (Å²) in [6.07, 6.45) is 0.446. The van der Waals surface area contributed by atoms with Crippen molar-refractivity contribution in [2.75, 3.05) is 0 Å². The van der Waals surface area contributed by atoms with Crippen LogP contribution in [0.15, 0.2) is 42.5 Å². The summed E-state index contributed by atoms with van der Waals surface area (Å²) in [6, 6.07) is 11.6. The molecule has 1 atom stereocenters. The summed E-state index contributed by atoms with van der Waals surface area (Å²) in [6.45, 7) is 0.161. The van der Waals surface area contributed by atoms with E-state index in [-0.39, 0.29) is 23.5 Å². The highest BCUT2D eigenvalue weighted by atomic mass is 32.3. The zero-order valence-electron chi connectivity index (χ0n) is 16.1. The van der Waals surface area contributed by atoms with E-state index in [2.05, 4.69) is 14.5 Å². The van der Waals surface area contributed by atoms with Gasteiger partial charge in [0, 0.05) is 13.1 Å². The molecule has 162 valence electrons. The topological polar surface area (TPSA) is 137 Å². The minimum absolute atomic E-state index is 0.0307. The molecule has 1 aromatic heterocycles. The molecule has 1 unspecified atom stereocenters. The van der Waals surface area contributed by atoms with Gasteiger partial charge in [0.25, 0.3) is 5.24 Å². The van der Waals surface area contributed by atoms with E-state index >= 15 is 0 Å². The van der Waals surface area contributed by atoms with Gasteiger partial charge in [-0.1, -0.05) is 23.9 Å². The number of imidazole rings is 1. The third-order valence-corrected chi connectivity index (χ3v) is 6.01. The minimum Gasteiger partial charge on any atom is -0.486 e. The number of imide groups is 1. The molecule has 10 nitrogen and oxygen atoms in total. The first-order valence-electron chi connectivity index (χ1n) is 9.03. The number of aromatic nitrogens is 2. The average Bonchev–Trinajstić information content (AvgIpc) is 3.18. The van der Waals surface area contributed by atoms with E-state index in [9.17, 15) is 18.0 Å². The molecular weight excluding hydrogens is 446 g/mol. The molecule has 0 aliphatic carbocycles. The Morgan fingerprint density at radius 2 is 1.87 bits per heavy atom. The van der Waals surface area contributed by atoms with Gasteiger partial charge < -0.3 is 13.5 Å². The van der Waals surface area contributed by atoms with E-state index in [4.69, 9.17) is 9.29 Å². The van der Waals surface area contributed by atoms with Crippen LogP contribution >= 0.6 is 11.8 Å². The monoisotopic (exact) mass is 463 g/mol. The molecule has 3 aromatic rings. The second-order valence-corrected chi connectivity index (χ2v) is 8.97. The first-order chi connectivity index (χ1) is 14.7. The Labute approximate surface area is 181 Å². The Morgan fingerprint density at radius 3 is 2.52 bits per heavy atom. The quantitative estimate of drug-likeness (QED) is 0.505. The minimum atomic E-state index is -4.61. The van der Waals surface area contributed by atoms with Crippen molar-refractivity contribution >= 4 is 44.3 Å². The largest absolute Gasteiger partial charge is 0.486 e. The summed E-state index contributed by atoms with van der Waals surface area (Å²) in [5.74, 6) is 0.894. The normalized spacial score (nSPS) is 16.5. The number of amides is 2. The lowest BCUT2D eigenvalue weighted by Crippen LogP contribution is -2.25. The zero-order chi connectivity index (χ0) is 22.2. The summed E-state index contributed by atoms with van der Waals surface area (Å²) in [5.41, 5.74) is 2.13. The Morgan fingerprint density at radius 1 is 1.16 bits per heavy atom. The van der Waals surface area contributed by atoms with Crippen LogP contribution in [-0.4, -0.2) is 38.9 Å². The molecule has 4 rings (SSSR count). The summed E-state index contributed by atoms with van der Waals surface area (Å²) in [4.78, 5) is 27.4.